The lowest BCUT2D eigenvalue weighted by molar-refractivity contribution is 0.0553. The first kappa shape index (κ1) is 15.9. The summed E-state index contributed by atoms with van der Waals surface area (Å²) < 4.78 is 0. The molecule has 0 saturated carbocycles. The van der Waals surface area contributed by atoms with Gasteiger partial charge >= 0.3 is 0 Å². The predicted octanol–water partition coefficient (Wildman–Crippen LogP) is 3.34. The highest BCUT2D eigenvalue weighted by Gasteiger charge is 2.38. The Morgan fingerprint density at radius 2 is 2.05 bits per heavy atom. The molecule has 2 unspecified atom stereocenters. The van der Waals surface area contributed by atoms with Crippen LogP contribution in [0.4, 0.5) is 0 Å². The van der Waals surface area contributed by atoms with Gasteiger partial charge in [0.15, 0.2) is 0 Å². The van der Waals surface area contributed by atoms with Crippen LogP contribution in [0.5, 0.6) is 0 Å². The number of nitrogens with one attached hydrogen (secondary N) is 1. The van der Waals surface area contributed by atoms with Crippen LogP contribution in [0.2, 0.25) is 0 Å². The van der Waals surface area contributed by atoms with Crippen molar-refractivity contribution in [1.29, 1.82) is 0 Å². The summed E-state index contributed by atoms with van der Waals surface area (Å²) in [5.41, 5.74) is 1.56. The molecule has 20 heavy (non-hydrogen) atoms. The van der Waals surface area contributed by atoms with E-state index < -0.39 is 0 Å². The van der Waals surface area contributed by atoms with Crippen molar-refractivity contribution in [1.82, 2.24) is 10.2 Å². The second-order valence-electron chi connectivity index (χ2n) is 5.77. The Morgan fingerprint density at radius 3 is 2.70 bits per heavy atom. The van der Waals surface area contributed by atoms with Gasteiger partial charge in [-0.3, -0.25) is 4.90 Å². The van der Waals surface area contributed by atoms with Gasteiger partial charge < -0.3 is 5.32 Å². The van der Waals surface area contributed by atoms with Gasteiger partial charge in [-0.15, -0.1) is 0 Å². The normalized spacial score (nSPS) is 27.6. The average molecular weight is 292 g/mol. The SMILES string of the molecule is CCSCCN1CC(CC)NCC1(C)c1ccccc1. The smallest absolute Gasteiger partial charge is 0.0558 e. The minimum Gasteiger partial charge on any atom is -0.311 e. The van der Waals surface area contributed by atoms with Crippen molar-refractivity contribution in [3.8, 4) is 0 Å². The third-order valence-corrected chi connectivity index (χ3v) is 5.35. The number of hydrogen-bond donors (Lipinski definition) is 1. The molecule has 1 aliphatic heterocycles. The van der Waals surface area contributed by atoms with Crippen LogP contribution in [0.25, 0.3) is 0 Å². The Kier molecular flexibility index (Phi) is 5.94. The topological polar surface area (TPSA) is 15.3 Å². The highest BCUT2D eigenvalue weighted by atomic mass is 32.2. The van der Waals surface area contributed by atoms with E-state index in [-0.39, 0.29) is 5.54 Å². The Bertz CT molecular complexity index is 395. The molecule has 1 aromatic rings. The van der Waals surface area contributed by atoms with Crippen LogP contribution in [0.15, 0.2) is 30.3 Å². The molecule has 0 spiro atoms. The molecule has 0 aromatic heterocycles. The third-order valence-electron chi connectivity index (χ3n) is 4.47. The molecule has 0 bridgehead atoms. The van der Waals surface area contributed by atoms with Crippen LogP contribution in [-0.2, 0) is 5.54 Å². The van der Waals surface area contributed by atoms with Crippen LogP contribution in [0, 0.1) is 0 Å². The lowest BCUT2D eigenvalue weighted by Crippen LogP contribution is -2.61. The van der Waals surface area contributed by atoms with Gasteiger partial charge in [0, 0.05) is 31.4 Å². The zero-order valence-corrected chi connectivity index (χ0v) is 13.9. The van der Waals surface area contributed by atoms with E-state index in [4.69, 9.17) is 0 Å². The monoisotopic (exact) mass is 292 g/mol. The minimum atomic E-state index is 0.126. The van der Waals surface area contributed by atoms with Gasteiger partial charge in [-0.2, -0.15) is 11.8 Å². The number of thioether (sulfide) groups is 1. The van der Waals surface area contributed by atoms with Crippen LogP contribution in [0.1, 0.15) is 32.8 Å². The Hall–Kier alpha value is -0.510. The van der Waals surface area contributed by atoms with Crippen LogP contribution >= 0.6 is 11.8 Å². The predicted molar refractivity (Wildman–Crippen MR) is 90.4 cm³/mol. The summed E-state index contributed by atoms with van der Waals surface area (Å²) >= 11 is 2.04. The second kappa shape index (κ2) is 7.48. The van der Waals surface area contributed by atoms with E-state index in [0.717, 1.165) is 13.1 Å². The van der Waals surface area contributed by atoms with Crippen molar-refractivity contribution in [2.75, 3.05) is 31.1 Å². The van der Waals surface area contributed by atoms with Gasteiger partial charge in [0.2, 0.25) is 0 Å². The van der Waals surface area contributed by atoms with Crippen molar-refractivity contribution in [2.24, 2.45) is 0 Å². The van der Waals surface area contributed by atoms with Crippen molar-refractivity contribution < 1.29 is 0 Å². The molecule has 1 heterocycles. The van der Waals surface area contributed by atoms with Crippen molar-refractivity contribution in [3.63, 3.8) is 0 Å². The second-order valence-corrected chi connectivity index (χ2v) is 7.16. The van der Waals surface area contributed by atoms with E-state index >= 15 is 0 Å². The summed E-state index contributed by atoms with van der Waals surface area (Å²) in [6.07, 6.45) is 1.21. The Morgan fingerprint density at radius 1 is 1.30 bits per heavy atom. The summed E-state index contributed by atoms with van der Waals surface area (Å²) in [6, 6.07) is 11.6. The van der Waals surface area contributed by atoms with Crippen molar-refractivity contribution in [3.05, 3.63) is 35.9 Å². The van der Waals surface area contributed by atoms with E-state index in [1.807, 2.05) is 11.8 Å². The van der Waals surface area contributed by atoms with E-state index in [0.29, 0.717) is 6.04 Å². The van der Waals surface area contributed by atoms with Crippen LogP contribution in [0.3, 0.4) is 0 Å². The zero-order valence-electron chi connectivity index (χ0n) is 13.1. The molecule has 112 valence electrons. The number of piperazine rings is 1. The molecule has 1 aliphatic rings. The summed E-state index contributed by atoms with van der Waals surface area (Å²) in [5.74, 6) is 2.45. The van der Waals surface area contributed by atoms with Gasteiger partial charge in [0.05, 0.1) is 5.54 Å². The molecule has 1 fully saturated rings. The van der Waals surface area contributed by atoms with E-state index in [1.54, 1.807) is 0 Å². The summed E-state index contributed by atoms with van der Waals surface area (Å²) in [4.78, 5) is 2.69. The zero-order chi connectivity index (χ0) is 14.4. The number of nitrogens with zero attached hydrogens (tertiary/aromatic N) is 1. The van der Waals surface area contributed by atoms with Crippen LogP contribution < -0.4 is 5.32 Å². The fourth-order valence-electron chi connectivity index (χ4n) is 3.00. The van der Waals surface area contributed by atoms with Crippen molar-refractivity contribution in [2.45, 2.75) is 38.8 Å². The quantitative estimate of drug-likeness (QED) is 0.810. The summed E-state index contributed by atoms with van der Waals surface area (Å²) in [6.45, 7) is 10.3. The first-order chi connectivity index (χ1) is 9.70. The molecular formula is C17H28N2S. The fourth-order valence-corrected chi connectivity index (χ4v) is 3.64. The number of benzene rings is 1. The van der Waals surface area contributed by atoms with Crippen molar-refractivity contribution >= 4 is 11.8 Å². The highest BCUT2D eigenvalue weighted by Crippen LogP contribution is 2.31. The molecule has 0 radical (unpaired) electrons. The number of hydrogen-bond acceptors (Lipinski definition) is 3. The summed E-state index contributed by atoms with van der Waals surface area (Å²) in [5, 5.41) is 3.73. The van der Waals surface area contributed by atoms with Gasteiger partial charge in [0.1, 0.15) is 0 Å². The first-order valence-electron chi connectivity index (χ1n) is 7.82. The minimum absolute atomic E-state index is 0.126. The lowest BCUT2D eigenvalue weighted by Gasteiger charge is -2.48. The maximum atomic E-state index is 3.73. The molecule has 0 aliphatic carbocycles. The molecule has 1 saturated heterocycles. The molecule has 3 heteroatoms. The van der Waals surface area contributed by atoms with Gasteiger partial charge in [-0.25, -0.2) is 0 Å². The molecule has 1 aromatic carbocycles. The molecule has 2 atom stereocenters. The largest absolute Gasteiger partial charge is 0.311 e. The standard InChI is InChI=1S/C17H28N2S/c1-4-16-13-19(11-12-20-5-2)17(3,14-18-16)15-9-7-6-8-10-15/h6-10,16,18H,4-5,11-14H2,1-3H3. The molecule has 0 amide bonds. The fraction of sp³-hybridized carbons (Fsp3) is 0.647. The number of rotatable bonds is 6. The maximum absolute atomic E-state index is 3.73. The Balaban J connectivity index is 2.15. The molecular weight excluding hydrogens is 264 g/mol. The van der Waals surface area contributed by atoms with Gasteiger partial charge in [-0.05, 0) is 24.7 Å². The first-order valence-corrected chi connectivity index (χ1v) is 8.98. The van der Waals surface area contributed by atoms with E-state index in [1.165, 1.54) is 30.0 Å². The van der Waals surface area contributed by atoms with E-state index in [2.05, 4.69) is 61.3 Å². The van der Waals surface area contributed by atoms with E-state index in [9.17, 15) is 0 Å². The third kappa shape index (κ3) is 3.57. The van der Waals surface area contributed by atoms with Gasteiger partial charge in [0.25, 0.3) is 0 Å². The molecule has 2 rings (SSSR count). The summed E-state index contributed by atoms with van der Waals surface area (Å²) in [7, 11) is 0. The Labute approximate surface area is 128 Å². The van der Waals surface area contributed by atoms with Crippen LogP contribution in [-0.4, -0.2) is 42.1 Å². The molecule has 2 nitrogen and oxygen atoms in total. The molecule has 1 N–H and O–H groups in total. The lowest BCUT2D eigenvalue weighted by atomic mass is 9.86. The maximum Gasteiger partial charge on any atom is 0.0558 e. The van der Waals surface area contributed by atoms with Gasteiger partial charge in [-0.1, -0.05) is 44.2 Å². The average Bonchev–Trinajstić information content (AvgIpc) is 2.50. The highest BCUT2D eigenvalue weighted by molar-refractivity contribution is 7.99.